The number of carbonyl (C=O) groups excluding carboxylic acids is 1. The standard InChI is InChI=1S/C9H15NO/c1-8(11)4-2-5-9-6-3-7-10-9/h2,4,9-10H,3,5-7H2,1H3/b4-2+/t9-/m1/s1. The fraction of sp³-hybridized carbons (Fsp3) is 0.667. The predicted molar refractivity (Wildman–Crippen MR) is 45.5 cm³/mol. The van der Waals surface area contributed by atoms with E-state index in [9.17, 15) is 4.79 Å². The van der Waals surface area contributed by atoms with Gasteiger partial charge in [0.15, 0.2) is 5.78 Å². The summed E-state index contributed by atoms with van der Waals surface area (Å²) in [5, 5.41) is 3.37. The zero-order valence-electron chi connectivity index (χ0n) is 6.97. The molecule has 1 aliphatic rings. The van der Waals surface area contributed by atoms with Gasteiger partial charge >= 0.3 is 0 Å². The monoisotopic (exact) mass is 153 g/mol. The van der Waals surface area contributed by atoms with Crippen molar-refractivity contribution < 1.29 is 4.79 Å². The van der Waals surface area contributed by atoms with Crippen LogP contribution in [-0.4, -0.2) is 18.4 Å². The van der Waals surface area contributed by atoms with Crippen molar-refractivity contribution in [1.29, 1.82) is 0 Å². The van der Waals surface area contributed by atoms with E-state index in [1.54, 1.807) is 13.0 Å². The van der Waals surface area contributed by atoms with Crippen LogP contribution in [0.1, 0.15) is 26.2 Å². The zero-order valence-corrected chi connectivity index (χ0v) is 6.97. The summed E-state index contributed by atoms with van der Waals surface area (Å²) in [5.41, 5.74) is 0. The second-order valence-electron chi connectivity index (χ2n) is 3.04. The highest BCUT2D eigenvalue weighted by molar-refractivity contribution is 5.87. The Balaban J connectivity index is 2.15. The van der Waals surface area contributed by atoms with Crippen LogP contribution in [0.15, 0.2) is 12.2 Å². The first-order chi connectivity index (χ1) is 5.29. The van der Waals surface area contributed by atoms with Gasteiger partial charge in [-0.25, -0.2) is 0 Å². The van der Waals surface area contributed by atoms with Crippen molar-refractivity contribution in [2.75, 3.05) is 6.54 Å². The van der Waals surface area contributed by atoms with Crippen LogP contribution in [-0.2, 0) is 4.79 Å². The zero-order chi connectivity index (χ0) is 8.10. The van der Waals surface area contributed by atoms with Crippen LogP contribution in [0, 0.1) is 0 Å². The first-order valence-electron chi connectivity index (χ1n) is 4.19. The molecule has 0 unspecified atom stereocenters. The van der Waals surface area contributed by atoms with Crippen LogP contribution in [0.4, 0.5) is 0 Å². The summed E-state index contributed by atoms with van der Waals surface area (Å²) in [4.78, 5) is 10.5. The van der Waals surface area contributed by atoms with Gasteiger partial charge in [0.1, 0.15) is 0 Å². The summed E-state index contributed by atoms with van der Waals surface area (Å²) in [6.07, 6.45) is 7.14. The average molecular weight is 153 g/mol. The summed E-state index contributed by atoms with van der Waals surface area (Å²) < 4.78 is 0. The van der Waals surface area contributed by atoms with Gasteiger partial charge in [-0.2, -0.15) is 0 Å². The number of ketones is 1. The highest BCUT2D eigenvalue weighted by Gasteiger charge is 2.11. The quantitative estimate of drug-likeness (QED) is 0.619. The Morgan fingerprint density at radius 2 is 2.55 bits per heavy atom. The van der Waals surface area contributed by atoms with Gasteiger partial charge < -0.3 is 5.32 Å². The molecule has 0 radical (unpaired) electrons. The maximum atomic E-state index is 10.5. The maximum absolute atomic E-state index is 10.5. The minimum absolute atomic E-state index is 0.142. The lowest BCUT2D eigenvalue weighted by Crippen LogP contribution is -2.19. The molecule has 0 saturated carbocycles. The van der Waals surface area contributed by atoms with Crippen LogP contribution < -0.4 is 5.32 Å². The molecule has 1 fully saturated rings. The molecule has 2 nitrogen and oxygen atoms in total. The average Bonchev–Trinajstić information content (AvgIpc) is 2.39. The minimum atomic E-state index is 0.142. The molecule has 1 rings (SSSR count). The molecule has 62 valence electrons. The Hall–Kier alpha value is -0.630. The largest absolute Gasteiger partial charge is 0.314 e. The molecule has 0 bridgehead atoms. The van der Waals surface area contributed by atoms with Gasteiger partial charge in [0.2, 0.25) is 0 Å². The lowest BCUT2D eigenvalue weighted by molar-refractivity contribution is -0.112. The van der Waals surface area contributed by atoms with Crippen molar-refractivity contribution in [3.05, 3.63) is 12.2 Å². The topological polar surface area (TPSA) is 29.1 Å². The van der Waals surface area contributed by atoms with Gasteiger partial charge in [-0.15, -0.1) is 0 Å². The number of rotatable bonds is 3. The van der Waals surface area contributed by atoms with E-state index in [1.807, 2.05) is 6.08 Å². The van der Waals surface area contributed by atoms with Crippen LogP contribution >= 0.6 is 0 Å². The molecule has 1 saturated heterocycles. The molecule has 1 heterocycles. The van der Waals surface area contributed by atoms with Gasteiger partial charge in [0.25, 0.3) is 0 Å². The van der Waals surface area contributed by atoms with E-state index < -0.39 is 0 Å². The van der Waals surface area contributed by atoms with Gasteiger partial charge in [-0.3, -0.25) is 4.79 Å². The van der Waals surface area contributed by atoms with Crippen LogP contribution in [0.3, 0.4) is 0 Å². The Morgan fingerprint density at radius 1 is 1.73 bits per heavy atom. The van der Waals surface area contributed by atoms with Gasteiger partial charge in [0, 0.05) is 6.04 Å². The Labute approximate surface area is 67.7 Å². The van der Waals surface area contributed by atoms with E-state index >= 15 is 0 Å². The van der Waals surface area contributed by atoms with Crippen molar-refractivity contribution in [2.24, 2.45) is 0 Å². The fourth-order valence-corrected chi connectivity index (χ4v) is 1.36. The van der Waals surface area contributed by atoms with E-state index in [1.165, 1.54) is 12.8 Å². The maximum Gasteiger partial charge on any atom is 0.152 e. The van der Waals surface area contributed by atoms with E-state index in [4.69, 9.17) is 0 Å². The summed E-state index contributed by atoms with van der Waals surface area (Å²) in [7, 11) is 0. The van der Waals surface area contributed by atoms with Crippen LogP contribution in [0.2, 0.25) is 0 Å². The molecular weight excluding hydrogens is 138 g/mol. The minimum Gasteiger partial charge on any atom is -0.314 e. The first-order valence-corrected chi connectivity index (χ1v) is 4.19. The van der Waals surface area contributed by atoms with Gasteiger partial charge in [-0.05, 0) is 38.8 Å². The number of carbonyl (C=O) groups is 1. The lowest BCUT2D eigenvalue weighted by Gasteiger charge is -2.04. The van der Waals surface area contributed by atoms with Crippen molar-refractivity contribution in [3.8, 4) is 0 Å². The van der Waals surface area contributed by atoms with Crippen LogP contribution in [0.5, 0.6) is 0 Å². The smallest absolute Gasteiger partial charge is 0.152 e. The molecule has 1 aliphatic heterocycles. The second-order valence-corrected chi connectivity index (χ2v) is 3.04. The highest BCUT2D eigenvalue weighted by Crippen LogP contribution is 2.08. The third-order valence-corrected chi connectivity index (χ3v) is 1.94. The predicted octanol–water partition coefficient (Wildman–Crippen LogP) is 1.27. The van der Waals surface area contributed by atoms with Crippen LogP contribution in [0.25, 0.3) is 0 Å². The molecule has 0 spiro atoms. The summed E-state index contributed by atoms with van der Waals surface area (Å²) in [6, 6.07) is 0.616. The molecule has 0 aromatic carbocycles. The molecule has 1 N–H and O–H groups in total. The lowest BCUT2D eigenvalue weighted by atomic mass is 10.1. The Morgan fingerprint density at radius 3 is 3.09 bits per heavy atom. The van der Waals surface area contributed by atoms with Crippen molar-refractivity contribution in [3.63, 3.8) is 0 Å². The number of allylic oxidation sites excluding steroid dienone is 1. The number of hydrogen-bond acceptors (Lipinski definition) is 2. The third-order valence-electron chi connectivity index (χ3n) is 1.94. The molecular formula is C9H15NO. The Bertz CT molecular complexity index is 157. The molecule has 0 aromatic heterocycles. The molecule has 2 heteroatoms. The second kappa shape index (κ2) is 4.29. The van der Waals surface area contributed by atoms with Crippen molar-refractivity contribution in [1.82, 2.24) is 5.32 Å². The van der Waals surface area contributed by atoms with E-state index in [0.29, 0.717) is 6.04 Å². The van der Waals surface area contributed by atoms with Gasteiger partial charge in [-0.1, -0.05) is 6.08 Å². The Kier molecular flexibility index (Phi) is 3.30. The van der Waals surface area contributed by atoms with E-state index in [2.05, 4.69) is 5.32 Å². The SMILES string of the molecule is CC(=O)/C=C/C[C@@H]1CCCN1. The van der Waals surface area contributed by atoms with Gasteiger partial charge in [0.05, 0.1) is 0 Å². The van der Waals surface area contributed by atoms with Crippen molar-refractivity contribution in [2.45, 2.75) is 32.2 Å². The molecule has 0 aliphatic carbocycles. The number of hydrogen-bond donors (Lipinski definition) is 1. The van der Waals surface area contributed by atoms with Crippen molar-refractivity contribution >= 4 is 5.78 Å². The normalized spacial score (nSPS) is 24.6. The summed E-state index contributed by atoms with van der Waals surface area (Å²) >= 11 is 0. The first kappa shape index (κ1) is 8.47. The third kappa shape index (κ3) is 3.33. The summed E-state index contributed by atoms with van der Waals surface area (Å²) in [6.45, 7) is 2.72. The fourth-order valence-electron chi connectivity index (χ4n) is 1.36. The molecule has 11 heavy (non-hydrogen) atoms. The highest BCUT2D eigenvalue weighted by atomic mass is 16.1. The molecule has 0 amide bonds. The summed E-state index contributed by atoms with van der Waals surface area (Å²) in [5.74, 6) is 0.142. The van der Waals surface area contributed by atoms with E-state index in [-0.39, 0.29) is 5.78 Å². The van der Waals surface area contributed by atoms with E-state index in [0.717, 1.165) is 13.0 Å². The number of nitrogens with one attached hydrogen (secondary N) is 1. The molecule has 0 aromatic rings. The molecule has 1 atom stereocenters.